The van der Waals surface area contributed by atoms with Crippen molar-refractivity contribution >= 4 is 23.8 Å². The molecule has 0 saturated carbocycles. The minimum atomic E-state index is -0.985. The Bertz CT molecular complexity index is 262. The summed E-state index contributed by atoms with van der Waals surface area (Å²) in [6.45, 7) is 5.91. The highest BCUT2D eigenvalue weighted by molar-refractivity contribution is 7.99. The molecule has 0 bridgehead atoms. The number of aliphatic carboxylic acids is 1. The van der Waals surface area contributed by atoms with E-state index in [4.69, 9.17) is 5.11 Å². The third-order valence-corrected chi connectivity index (χ3v) is 3.39. The highest BCUT2D eigenvalue weighted by Crippen LogP contribution is 2.03. The Morgan fingerprint density at radius 3 is 2.39 bits per heavy atom. The Morgan fingerprint density at radius 1 is 1.22 bits per heavy atom. The summed E-state index contributed by atoms with van der Waals surface area (Å²) in [4.78, 5) is 22.5. The second kappa shape index (κ2) is 10.1. The van der Waals surface area contributed by atoms with Crippen LogP contribution in [0.2, 0.25) is 0 Å². The van der Waals surface area contributed by atoms with E-state index < -0.39 is 18.0 Å². The quantitative estimate of drug-likeness (QED) is 0.563. The number of carboxylic acid groups (broad SMARTS) is 1. The first kappa shape index (κ1) is 17.1. The van der Waals surface area contributed by atoms with E-state index in [1.165, 1.54) is 0 Å². The zero-order chi connectivity index (χ0) is 14.0. The van der Waals surface area contributed by atoms with Gasteiger partial charge in [0, 0.05) is 6.04 Å². The van der Waals surface area contributed by atoms with Crippen LogP contribution in [0.15, 0.2) is 0 Å². The van der Waals surface area contributed by atoms with Crippen LogP contribution in [0, 0.1) is 0 Å². The molecule has 0 aromatic heterocycles. The molecular weight excluding hydrogens is 252 g/mol. The third kappa shape index (κ3) is 8.22. The van der Waals surface area contributed by atoms with E-state index in [1.807, 2.05) is 25.6 Å². The van der Waals surface area contributed by atoms with Crippen LogP contribution in [-0.4, -0.2) is 40.7 Å². The van der Waals surface area contributed by atoms with Gasteiger partial charge in [0.25, 0.3) is 0 Å². The van der Waals surface area contributed by atoms with E-state index in [0.717, 1.165) is 24.3 Å². The predicted molar refractivity (Wildman–Crippen MR) is 75.1 cm³/mol. The minimum absolute atomic E-state index is 0.0557. The molecule has 0 aliphatic heterocycles. The fraction of sp³-hybridized carbons (Fsp3) is 0.833. The second-order valence-electron chi connectivity index (χ2n) is 4.18. The van der Waals surface area contributed by atoms with Crippen molar-refractivity contribution < 1.29 is 14.7 Å². The van der Waals surface area contributed by atoms with Crippen LogP contribution in [0.1, 0.15) is 40.0 Å². The van der Waals surface area contributed by atoms with Gasteiger partial charge in [0.1, 0.15) is 6.04 Å². The van der Waals surface area contributed by atoms with Gasteiger partial charge in [0.2, 0.25) is 0 Å². The molecule has 2 atom stereocenters. The van der Waals surface area contributed by atoms with Gasteiger partial charge in [-0.3, -0.25) is 0 Å². The topological polar surface area (TPSA) is 78.4 Å². The number of amides is 2. The van der Waals surface area contributed by atoms with Gasteiger partial charge in [-0.25, -0.2) is 9.59 Å². The highest BCUT2D eigenvalue weighted by Gasteiger charge is 2.19. The molecule has 0 heterocycles. The molecule has 0 aliphatic carbocycles. The average Bonchev–Trinajstić information content (AvgIpc) is 2.28. The number of urea groups is 1. The summed E-state index contributed by atoms with van der Waals surface area (Å²) >= 11 is 1.82. The number of carboxylic acids is 1. The Labute approximate surface area is 113 Å². The number of rotatable bonds is 9. The number of hydrogen-bond donors (Lipinski definition) is 3. The zero-order valence-electron chi connectivity index (χ0n) is 11.4. The van der Waals surface area contributed by atoms with Gasteiger partial charge in [0.15, 0.2) is 0 Å². The van der Waals surface area contributed by atoms with Crippen molar-refractivity contribution in [1.29, 1.82) is 0 Å². The molecule has 0 aromatic carbocycles. The largest absolute Gasteiger partial charge is 0.480 e. The van der Waals surface area contributed by atoms with Crippen LogP contribution in [0.25, 0.3) is 0 Å². The number of nitrogens with one attached hydrogen (secondary N) is 2. The number of thioether (sulfide) groups is 1. The predicted octanol–water partition coefficient (Wildman–Crippen LogP) is 2.07. The first-order valence-corrected chi connectivity index (χ1v) is 7.54. The van der Waals surface area contributed by atoms with Crippen LogP contribution in [0.5, 0.6) is 0 Å². The summed E-state index contributed by atoms with van der Waals surface area (Å²) in [5.41, 5.74) is 0. The van der Waals surface area contributed by atoms with Crippen LogP contribution >= 0.6 is 11.8 Å². The van der Waals surface area contributed by atoms with E-state index in [9.17, 15) is 9.59 Å². The van der Waals surface area contributed by atoms with Crippen molar-refractivity contribution in [2.45, 2.75) is 52.1 Å². The first-order chi connectivity index (χ1) is 8.51. The highest BCUT2D eigenvalue weighted by atomic mass is 32.2. The third-order valence-electron chi connectivity index (χ3n) is 2.46. The molecule has 0 radical (unpaired) electrons. The summed E-state index contributed by atoms with van der Waals surface area (Å²) in [5, 5.41) is 14.2. The summed E-state index contributed by atoms with van der Waals surface area (Å²) in [6.07, 6.45) is 2.06. The van der Waals surface area contributed by atoms with Gasteiger partial charge in [-0.1, -0.05) is 20.3 Å². The lowest BCUT2D eigenvalue weighted by atomic mass is 10.2. The van der Waals surface area contributed by atoms with Crippen LogP contribution in [0.3, 0.4) is 0 Å². The standard InChI is InChI=1S/C12H24N2O3S/c1-4-6-10(11(15)16)14-12(17)13-9(3)7-8-18-5-2/h9-10H,4-8H2,1-3H3,(H,15,16)(H2,13,14,17). The maximum Gasteiger partial charge on any atom is 0.326 e. The molecule has 0 spiro atoms. The normalized spacial score (nSPS) is 13.7. The van der Waals surface area contributed by atoms with Gasteiger partial charge < -0.3 is 15.7 Å². The lowest BCUT2D eigenvalue weighted by Crippen LogP contribution is -2.48. The fourth-order valence-electron chi connectivity index (χ4n) is 1.45. The molecular formula is C12H24N2O3S. The molecule has 0 fully saturated rings. The molecule has 6 heteroatoms. The number of carbonyl (C=O) groups is 2. The van der Waals surface area contributed by atoms with Gasteiger partial charge in [0.05, 0.1) is 0 Å². The monoisotopic (exact) mass is 276 g/mol. The van der Waals surface area contributed by atoms with Crippen molar-refractivity contribution in [2.24, 2.45) is 0 Å². The van der Waals surface area contributed by atoms with E-state index in [1.54, 1.807) is 0 Å². The van der Waals surface area contributed by atoms with Crippen molar-refractivity contribution in [2.75, 3.05) is 11.5 Å². The van der Waals surface area contributed by atoms with Crippen molar-refractivity contribution in [3.8, 4) is 0 Å². The lowest BCUT2D eigenvalue weighted by Gasteiger charge is -2.17. The smallest absolute Gasteiger partial charge is 0.326 e. The summed E-state index contributed by atoms with van der Waals surface area (Å²) in [5.74, 6) is 1.08. The second-order valence-corrected chi connectivity index (χ2v) is 5.58. The van der Waals surface area contributed by atoms with Crippen LogP contribution in [0.4, 0.5) is 4.79 Å². The molecule has 106 valence electrons. The summed E-state index contributed by atoms with van der Waals surface area (Å²) in [7, 11) is 0. The van der Waals surface area contributed by atoms with Crippen molar-refractivity contribution in [3.05, 3.63) is 0 Å². The van der Waals surface area contributed by atoms with Crippen LogP contribution in [-0.2, 0) is 4.79 Å². The molecule has 5 nitrogen and oxygen atoms in total. The molecule has 0 saturated heterocycles. The van der Waals surface area contributed by atoms with Crippen molar-refractivity contribution in [3.63, 3.8) is 0 Å². The van der Waals surface area contributed by atoms with E-state index in [0.29, 0.717) is 6.42 Å². The van der Waals surface area contributed by atoms with E-state index in [2.05, 4.69) is 17.6 Å². The van der Waals surface area contributed by atoms with Gasteiger partial charge in [-0.05, 0) is 31.3 Å². The van der Waals surface area contributed by atoms with Gasteiger partial charge >= 0.3 is 12.0 Å². The molecule has 2 unspecified atom stereocenters. The Kier molecular flexibility index (Phi) is 9.55. The fourth-order valence-corrected chi connectivity index (χ4v) is 2.26. The maximum atomic E-state index is 11.6. The number of carbonyl (C=O) groups excluding carboxylic acids is 1. The molecule has 2 amide bonds. The summed E-state index contributed by atoms with van der Waals surface area (Å²) < 4.78 is 0. The van der Waals surface area contributed by atoms with Gasteiger partial charge in [-0.2, -0.15) is 11.8 Å². The maximum absolute atomic E-state index is 11.6. The minimum Gasteiger partial charge on any atom is -0.480 e. The molecule has 0 aromatic rings. The Morgan fingerprint density at radius 2 is 1.89 bits per heavy atom. The van der Waals surface area contributed by atoms with Crippen LogP contribution < -0.4 is 10.6 Å². The van der Waals surface area contributed by atoms with Gasteiger partial charge in [-0.15, -0.1) is 0 Å². The number of hydrogen-bond acceptors (Lipinski definition) is 3. The zero-order valence-corrected chi connectivity index (χ0v) is 12.2. The first-order valence-electron chi connectivity index (χ1n) is 6.38. The molecule has 3 N–H and O–H groups in total. The molecule has 0 aliphatic rings. The SMILES string of the molecule is CCCC(NC(=O)NC(C)CCSCC)C(=O)O. The molecule has 0 rings (SSSR count). The molecule has 18 heavy (non-hydrogen) atoms. The van der Waals surface area contributed by atoms with E-state index >= 15 is 0 Å². The summed E-state index contributed by atoms with van der Waals surface area (Å²) in [6, 6.07) is -1.14. The van der Waals surface area contributed by atoms with E-state index in [-0.39, 0.29) is 6.04 Å². The lowest BCUT2D eigenvalue weighted by molar-refractivity contribution is -0.139. The Balaban J connectivity index is 3.96. The van der Waals surface area contributed by atoms with Crippen molar-refractivity contribution in [1.82, 2.24) is 10.6 Å². The average molecular weight is 276 g/mol. The Hall–Kier alpha value is -0.910.